The first-order valence-electron chi connectivity index (χ1n) is 5.52. The molecule has 0 amide bonds. The Morgan fingerprint density at radius 3 is 3.06 bits per heavy atom. The van der Waals surface area contributed by atoms with E-state index in [1.807, 2.05) is 0 Å². The van der Waals surface area contributed by atoms with Crippen molar-refractivity contribution in [3.05, 3.63) is 34.6 Å². The summed E-state index contributed by atoms with van der Waals surface area (Å²) in [7, 11) is 0. The molecule has 0 aromatic heterocycles. The van der Waals surface area contributed by atoms with Gasteiger partial charge in [-0.1, -0.05) is 17.7 Å². The molecule has 1 heterocycles. The summed E-state index contributed by atoms with van der Waals surface area (Å²) in [6.45, 7) is 2.46. The van der Waals surface area contributed by atoms with Gasteiger partial charge in [-0.15, -0.1) is 0 Å². The first kappa shape index (κ1) is 11.8. The Morgan fingerprint density at radius 1 is 1.50 bits per heavy atom. The minimum Gasteiger partial charge on any atom is -0.372 e. The normalized spacial score (nSPS) is 21.0. The number of hydrogen-bond donors (Lipinski definition) is 1. The van der Waals surface area contributed by atoms with Gasteiger partial charge in [-0.25, -0.2) is 4.39 Å². The molecule has 1 aliphatic rings. The fraction of sp³-hybridized carbons (Fsp3) is 0.500. The predicted octanol–water partition coefficient (Wildman–Crippen LogP) is 2.75. The minimum absolute atomic E-state index is 0.155. The van der Waals surface area contributed by atoms with E-state index in [1.165, 1.54) is 6.07 Å². The van der Waals surface area contributed by atoms with Crippen molar-refractivity contribution < 1.29 is 9.13 Å². The Balaban J connectivity index is 1.86. The lowest BCUT2D eigenvalue weighted by molar-refractivity contribution is 0.0253. The number of benzene rings is 1. The number of piperidine rings is 1. The molecule has 0 spiro atoms. The van der Waals surface area contributed by atoms with Crippen molar-refractivity contribution in [2.24, 2.45) is 0 Å². The van der Waals surface area contributed by atoms with Crippen molar-refractivity contribution >= 4 is 11.6 Å². The van der Waals surface area contributed by atoms with Gasteiger partial charge in [0.2, 0.25) is 0 Å². The van der Waals surface area contributed by atoms with E-state index in [4.69, 9.17) is 16.3 Å². The van der Waals surface area contributed by atoms with E-state index in [0.717, 1.165) is 31.5 Å². The maximum absolute atomic E-state index is 12.9. The van der Waals surface area contributed by atoms with Crippen molar-refractivity contribution in [3.63, 3.8) is 0 Å². The second-order valence-electron chi connectivity index (χ2n) is 4.03. The minimum atomic E-state index is -0.384. The summed E-state index contributed by atoms with van der Waals surface area (Å²) in [5.74, 6) is -0.384. The first-order valence-corrected chi connectivity index (χ1v) is 5.90. The van der Waals surface area contributed by atoms with Crippen LogP contribution in [0.15, 0.2) is 18.2 Å². The molecule has 2 rings (SSSR count). The molecule has 1 fully saturated rings. The summed E-state index contributed by atoms with van der Waals surface area (Å²) in [6.07, 6.45) is 2.49. The van der Waals surface area contributed by atoms with E-state index in [-0.39, 0.29) is 16.9 Å². The van der Waals surface area contributed by atoms with E-state index < -0.39 is 0 Å². The summed E-state index contributed by atoms with van der Waals surface area (Å²) < 4.78 is 18.6. The molecule has 1 aromatic rings. The zero-order chi connectivity index (χ0) is 11.4. The quantitative estimate of drug-likeness (QED) is 0.882. The maximum Gasteiger partial charge on any atom is 0.141 e. The van der Waals surface area contributed by atoms with Crippen LogP contribution in [-0.4, -0.2) is 19.2 Å². The highest BCUT2D eigenvalue weighted by Gasteiger charge is 2.13. The molecule has 0 aliphatic carbocycles. The van der Waals surface area contributed by atoms with Crippen molar-refractivity contribution in [2.45, 2.75) is 25.6 Å². The molecule has 1 unspecified atom stereocenters. The molecule has 88 valence electrons. The Hall–Kier alpha value is -0.640. The van der Waals surface area contributed by atoms with Gasteiger partial charge in [-0.3, -0.25) is 0 Å². The monoisotopic (exact) mass is 243 g/mol. The third-order valence-electron chi connectivity index (χ3n) is 2.72. The van der Waals surface area contributed by atoms with Gasteiger partial charge in [-0.05, 0) is 37.1 Å². The van der Waals surface area contributed by atoms with Crippen LogP contribution in [0, 0.1) is 5.82 Å². The van der Waals surface area contributed by atoms with Crippen LogP contribution in [0.25, 0.3) is 0 Å². The number of halogens is 2. The van der Waals surface area contributed by atoms with Crippen LogP contribution in [0.2, 0.25) is 5.02 Å². The third-order valence-corrected chi connectivity index (χ3v) is 3.01. The van der Waals surface area contributed by atoms with Crippen molar-refractivity contribution in [3.8, 4) is 0 Å². The molecule has 0 bridgehead atoms. The molecule has 0 radical (unpaired) electrons. The van der Waals surface area contributed by atoms with Gasteiger partial charge >= 0.3 is 0 Å². The highest BCUT2D eigenvalue weighted by molar-refractivity contribution is 6.30. The van der Waals surface area contributed by atoms with Gasteiger partial charge < -0.3 is 10.1 Å². The summed E-state index contributed by atoms with van der Waals surface area (Å²) in [5.41, 5.74) is 0.914. The Kier molecular flexibility index (Phi) is 4.16. The second kappa shape index (κ2) is 5.62. The van der Waals surface area contributed by atoms with Crippen LogP contribution in [0.1, 0.15) is 18.4 Å². The second-order valence-corrected chi connectivity index (χ2v) is 4.44. The zero-order valence-electron chi connectivity index (χ0n) is 9.01. The van der Waals surface area contributed by atoms with E-state index in [1.54, 1.807) is 12.1 Å². The van der Waals surface area contributed by atoms with E-state index in [9.17, 15) is 4.39 Å². The van der Waals surface area contributed by atoms with Crippen LogP contribution < -0.4 is 5.32 Å². The molecule has 1 aromatic carbocycles. The Bertz CT molecular complexity index is 353. The summed E-state index contributed by atoms with van der Waals surface area (Å²) in [5, 5.41) is 3.44. The van der Waals surface area contributed by atoms with Crippen molar-refractivity contribution in [1.29, 1.82) is 0 Å². The molecule has 1 saturated heterocycles. The highest BCUT2D eigenvalue weighted by atomic mass is 35.5. The van der Waals surface area contributed by atoms with Crippen molar-refractivity contribution in [1.82, 2.24) is 5.32 Å². The number of nitrogens with one attached hydrogen (secondary N) is 1. The SMILES string of the molecule is Fc1ccc(COC2CCCNC2)cc1Cl. The lowest BCUT2D eigenvalue weighted by Crippen LogP contribution is -2.35. The molecule has 4 heteroatoms. The van der Waals surface area contributed by atoms with E-state index in [2.05, 4.69) is 5.32 Å². The molecule has 1 aliphatic heterocycles. The van der Waals surface area contributed by atoms with Crippen LogP contribution in [0.5, 0.6) is 0 Å². The summed E-state index contributed by atoms with van der Waals surface area (Å²) in [4.78, 5) is 0. The van der Waals surface area contributed by atoms with Crippen molar-refractivity contribution in [2.75, 3.05) is 13.1 Å². The average molecular weight is 244 g/mol. The van der Waals surface area contributed by atoms with Gasteiger partial charge in [0.25, 0.3) is 0 Å². The van der Waals surface area contributed by atoms with Gasteiger partial charge in [0.15, 0.2) is 0 Å². The molecule has 16 heavy (non-hydrogen) atoms. The van der Waals surface area contributed by atoms with Gasteiger partial charge in [0, 0.05) is 6.54 Å². The Morgan fingerprint density at radius 2 is 2.38 bits per heavy atom. The first-order chi connectivity index (χ1) is 7.75. The van der Waals surface area contributed by atoms with Crippen LogP contribution in [0.4, 0.5) is 4.39 Å². The van der Waals surface area contributed by atoms with E-state index >= 15 is 0 Å². The van der Waals surface area contributed by atoms with Crippen LogP contribution >= 0.6 is 11.6 Å². The van der Waals surface area contributed by atoms with Crippen LogP contribution in [0.3, 0.4) is 0 Å². The largest absolute Gasteiger partial charge is 0.372 e. The molecule has 1 N–H and O–H groups in total. The fourth-order valence-corrected chi connectivity index (χ4v) is 2.01. The average Bonchev–Trinajstić information content (AvgIpc) is 2.32. The zero-order valence-corrected chi connectivity index (χ0v) is 9.77. The smallest absolute Gasteiger partial charge is 0.141 e. The lowest BCUT2D eigenvalue weighted by atomic mass is 10.1. The summed E-state index contributed by atoms with van der Waals surface area (Å²) in [6, 6.07) is 4.70. The highest BCUT2D eigenvalue weighted by Crippen LogP contribution is 2.17. The van der Waals surface area contributed by atoms with Gasteiger partial charge in [-0.2, -0.15) is 0 Å². The Labute approximate surface area is 99.7 Å². The van der Waals surface area contributed by atoms with Gasteiger partial charge in [0.1, 0.15) is 5.82 Å². The number of hydrogen-bond acceptors (Lipinski definition) is 2. The molecule has 1 atom stereocenters. The standard InChI is InChI=1S/C12H15ClFNO/c13-11-6-9(3-4-12(11)14)8-16-10-2-1-5-15-7-10/h3-4,6,10,15H,1-2,5,7-8H2. The van der Waals surface area contributed by atoms with Crippen LogP contribution in [-0.2, 0) is 11.3 Å². The topological polar surface area (TPSA) is 21.3 Å². The third kappa shape index (κ3) is 3.17. The molecule has 2 nitrogen and oxygen atoms in total. The number of ether oxygens (including phenoxy) is 1. The van der Waals surface area contributed by atoms with E-state index in [0.29, 0.717) is 6.61 Å². The molecule has 0 saturated carbocycles. The molecular weight excluding hydrogens is 229 g/mol. The summed E-state index contributed by atoms with van der Waals surface area (Å²) >= 11 is 5.69. The van der Waals surface area contributed by atoms with Gasteiger partial charge in [0.05, 0.1) is 17.7 Å². The molecular formula is C12H15ClFNO. The number of rotatable bonds is 3. The fourth-order valence-electron chi connectivity index (χ4n) is 1.81. The predicted molar refractivity (Wildman–Crippen MR) is 62.1 cm³/mol. The lowest BCUT2D eigenvalue weighted by Gasteiger charge is -2.23. The maximum atomic E-state index is 12.9.